The van der Waals surface area contributed by atoms with E-state index in [4.69, 9.17) is 0 Å². The first-order valence-electron chi connectivity index (χ1n) is 5.57. The van der Waals surface area contributed by atoms with Crippen LogP contribution in [0.15, 0.2) is 12.2 Å². The fraction of sp³-hybridized carbons (Fsp3) is 0.455. The Hall–Kier alpha value is -1.33. The summed E-state index contributed by atoms with van der Waals surface area (Å²) in [5, 5.41) is 10.4. The molecule has 0 fully saturated rings. The number of carbonyl (C=O) groups excluding carboxylic acids is 1. The number of nitrogens with one attached hydrogen (secondary N) is 2. The number of hydrogen-bond donors (Lipinski definition) is 2. The lowest BCUT2D eigenvalue weighted by atomic mass is 10.1. The number of hydrogen-bond acceptors (Lipinski definition) is 3. The third kappa shape index (κ3) is 2.08. The van der Waals surface area contributed by atoms with Gasteiger partial charge in [-0.1, -0.05) is 12.2 Å². The number of halogens is 1. The number of aromatic amines is 1. The fourth-order valence-corrected chi connectivity index (χ4v) is 2.20. The van der Waals surface area contributed by atoms with Gasteiger partial charge in [0.2, 0.25) is 0 Å². The summed E-state index contributed by atoms with van der Waals surface area (Å²) < 4.78 is 0. The van der Waals surface area contributed by atoms with E-state index in [2.05, 4.69) is 15.5 Å². The molecule has 17 heavy (non-hydrogen) atoms. The molecule has 0 bridgehead atoms. The Balaban J connectivity index is 0.00000108. The predicted molar refractivity (Wildman–Crippen MR) is 66.3 cm³/mol. The summed E-state index contributed by atoms with van der Waals surface area (Å²) in [4.78, 5) is 14.0. The van der Waals surface area contributed by atoms with E-state index >= 15 is 0 Å². The van der Waals surface area contributed by atoms with Gasteiger partial charge in [0.1, 0.15) is 0 Å². The zero-order valence-electron chi connectivity index (χ0n) is 9.40. The number of H-pyrrole nitrogens is 1. The summed E-state index contributed by atoms with van der Waals surface area (Å²) in [6.45, 7) is 3.10. The Labute approximate surface area is 106 Å². The Bertz CT molecular complexity index is 446. The van der Waals surface area contributed by atoms with Crippen LogP contribution in [0.25, 0.3) is 0 Å². The van der Waals surface area contributed by atoms with Crippen LogP contribution in [0.4, 0.5) is 0 Å². The summed E-state index contributed by atoms with van der Waals surface area (Å²) in [5.41, 5.74) is 2.74. The average Bonchev–Trinajstić information content (AvgIpc) is 2.98. The molecule has 92 valence electrons. The number of nitrogens with zero attached hydrogens (tertiary/aromatic N) is 2. The molecule has 1 aromatic heterocycles. The van der Waals surface area contributed by atoms with Crippen LogP contribution >= 0.6 is 12.4 Å². The van der Waals surface area contributed by atoms with E-state index in [-0.39, 0.29) is 18.3 Å². The molecule has 2 aliphatic heterocycles. The maximum atomic E-state index is 12.2. The molecule has 0 radical (unpaired) electrons. The SMILES string of the molecule is Cl.O=C(c1n[nH]c2c1CNCC2)N1CC=CC1. The van der Waals surface area contributed by atoms with Crippen molar-refractivity contribution >= 4 is 18.3 Å². The topological polar surface area (TPSA) is 61.0 Å². The molecule has 3 rings (SSSR count). The average molecular weight is 255 g/mol. The second-order valence-electron chi connectivity index (χ2n) is 4.14. The zero-order valence-corrected chi connectivity index (χ0v) is 10.2. The third-order valence-electron chi connectivity index (χ3n) is 3.11. The van der Waals surface area contributed by atoms with E-state index in [0.29, 0.717) is 18.8 Å². The first kappa shape index (κ1) is 12.1. The van der Waals surface area contributed by atoms with Crippen molar-refractivity contribution < 1.29 is 4.79 Å². The van der Waals surface area contributed by atoms with Crippen molar-refractivity contribution in [3.05, 3.63) is 29.1 Å². The Morgan fingerprint density at radius 2 is 2.12 bits per heavy atom. The Morgan fingerprint density at radius 1 is 1.35 bits per heavy atom. The molecule has 0 saturated carbocycles. The van der Waals surface area contributed by atoms with Crippen molar-refractivity contribution in [2.24, 2.45) is 0 Å². The lowest BCUT2D eigenvalue weighted by Gasteiger charge is -2.16. The van der Waals surface area contributed by atoms with Crippen LogP contribution in [-0.2, 0) is 13.0 Å². The molecular formula is C11H15ClN4O. The summed E-state index contributed by atoms with van der Waals surface area (Å²) in [5.74, 6) is 0.0335. The molecule has 0 aliphatic carbocycles. The quantitative estimate of drug-likeness (QED) is 0.717. The Morgan fingerprint density at radius 3 is 2.88 bits per heavy atom. The third-order valence-corrected chi connectivity index (χ3v) is 3.11. The van der Waals surface area contributed by atoms with Crippen LogP contribution in [0.1, 0.15) is 21.7 Å². The first-order chi connectivity index (χ1) is 7.86. The molecular weight excluding hydrogens is 240 g/mol. The number of carbonyl (C=O) groups is 1. The van der Waals surface area contributed by atoms with Crippen LogP contribution in [0.3, 0.4) is 0 Å². The minimum Gasteiger partial charge on any atom is -0.330 e. The van der Waals surface area contributed by atoms with Crippen LogP contribution in [0.2, 0.25) is 0 Å². The summed E-state index contributed by atoms with van der Waals surface area (Å²) in [6.07, 6.45) is 4.94. The fourth-order valence-electron chi connectivity index (χ4n) is 2.20. The van der Waals surface area contributed by atoms with Gasteiger partial charge in [-0.05, 0) is 0 Å². The van der Waals surface area contributed by atoms with E-state index in [1.807, 2.05) is 12.2 Å². The highest BCUT2D eigenvalue weighted by Crippen LogP contribution is 2.17. The highest BCUT2D eigenvalue weighted by atomic mass is 35.5. The number of fused-ring (bicyclic) bond motifs is 1. The minimum atomic E-state index is 0. The van der Waals surface area contributed by atoms with Crippen molar-refractivity contribution in [3.8, 4) is 0 Å². The van der Waals surface area contributed by atoms with E-state index in [1.54, 1.807) is 4.90 Å². The van der Waals surface area contributed by atoms with Crippen molar-refractivity contribution in [2.75, 3.05) is 19.6 Å². The smallest absolute Gasteiger partial charge is 0.275 e. The predicted octanol–water partition coefficient (Wildman–Crippen LogP) is 0.489. The number of rotatable bonds is 1. The van der Waals surface area contributed by atoms with Crippen LogP contribution < -0.4 is 5.32 Å². The first-order valence-corrected chi connectivity index (χ1v) is 5.57. The lowest BCUT2D eigenvalue weighted by Crippen LogP contribution is -2.31. The highest BCUT2D eigenvalue weighted by molar-refractivity contribution is 5.94. The largest absolute Gasteiger partial charge is 0.330 e. The van der Waals surface area contributed by atoms with Crippen molar-refractivity contribution in [1.29, 1.82) is 0 Å². The van der Waals surface area contributed by atoms with Gasteiger partial charge < -0.3 is 10.2 Å². The molecule has 1 amide bonds. The zero-order chi connectivity index (χ0) is 11.0. The number of amides is 1. The van der Waals surface area contributed by atoms with Crippen molar-refractivity contribution in [3.63, 3.8) is 0 Å². The molecule has 5 nitrogen and oxygen atoms in total. The second kappa shape index (κ2) is 4.89. The molecule has 0 unspecified atom stereocenters. The monoisotopic (exact) mass is 254 g/mol. The molecule has 0 aromatic carbocycles. The molecule has 1 aromatic rings. The standard InChI is InChI=1S/C11H14N4O.ClH/c16-11(15-5-1-2-6-15)10-8-7-12-4-3-9(8)13-14-10;/h1-2,12H,3-7H2,(H,13,14);1H. The van der Waals surface area contributed by atoms with E-state index in [1.165, 1.54) is 0 Å². The van der Waals surface area contributed by atoms with Crippen LogP contribution in [0, 0.1) is 0 Å². The maximum Gasteiger partial charge on any atom is 0.275 e. The van der Waals surface area contributed by atoms with Gasteiger partial charge in [-0.15, -0.1) is 12.4 Å². The van der Waals surface area contributed by atoms with Gasteiger partial charge in [-0.2, -0.15) is 5.10 Å². The van der Waals surface area contributed by atoms with E-state index in [0.717, 1.165) is 30.8 Å². The molecule has 2 aliphatic rings. The Kier molecular flexibility index (Phi) is 3.49. The van der Waals surface area contributed by atoms with Gasteiger partial charge in [0.25, 0.3) is 5.91 Å². The van der Waals surface area contributed by atoms with Crippen LogP contribution in [0.5, 0.6) is 0 Å². The van der Waals surface area contributed by atoms with Gasteiger partial charge in [0, 0.05) is 43.9 Å². The van der Waals surface area contributed by atoms with Crippen LogP contribution in [-0.4, -0.2) is 40.6 Å². The molecule has 0 spiro atoms. The molecule has 3 heterocycles. The van der Waals surface area contributed by atoms with Gasteiger partial charge in [-0.3, -0.25) is 9.89 Å². The highest BCUT2D eigenvalue weighted by Gasteiger charge is 2.25. The second-order valence-corrected chi connectivity index (χ2v) is 4.14. The summed E-state index contributed by atoms with van der Waals surface area (Å²) in [7, 11) is 0. The lowest BCUT2D eigenvalue weighted by molar-refractivity contribution is 0.0793. The molecule has 6 heteroatoms. The molecule has 0 saturated heterocycles. The maximum absolute atomic E-state index is 12.2. The van der Waals surface area contributed by atoms with Crippen molar-refractivity contribution in [2.45, 2.75) is 13.0 Å². The van der Waals surface area contributed by atoms with E-state index in [9.17, 15) is 4.79 Å². The summed E-state index contributed by atoms with van der Waals surface area (Å²) in [6, 6.07) is 0. The van der Waals surface area contributed by atoms with Gasteiger partial charge in [-0.25, -0.2) is 0 Å². The minimum absolute atomic E-state index is 0. The molecule has 2 N–H and O–H groups in total. The van der Waals surface area contributed by atoms with Gasteiger partial charge in [0.05, 0.1) is 0 Å². The van der Waals surface area contributed by atoms with Gasteiger partial charge >= 0.3 is 0 Å². The number of aromatic nitrogens is 2. The van der Waals surface area contributed by atoms with Crippen molar-refractivity contribution in [1.82, 2.24) is 20.4 Å². The van der Waals surface area contributed by atoms with E-state index < -0.39 is 0 Å². The van der Waals surface area contributed by atoms with Gasteiger partial charge in [0.15, 0.2) is 5.69 Å². The molecule has 0 atom stereocenters. The normalized spacial score (nSPS) is 17.8. The summed E-state index contributed by atoms with van der Waals surface area (Å²) >= 11 is 0.